The van der Waals surface area contributed by atoms with Crippen LogP contribution >= 0.6 is 11.6 Å². The van der Waals surface area contributed by atoms with Gasteiger partial charge < -0.3 is 10.5 Å². The molecule has 1 heterocycles. The van der Waals surface area contributed by atoms with Gasteiger partial charge in [0.15, 0.2) is 0 Å². The molecule has 3 rings (SSSR count). The second-order valence-corrected chi connectivity index (χ2v) is 6.36. The van der Waals surface area contributed by atoms with Crippen molar-refractivity contribution >= 4 is 17.3 Å². The molecule has 2 aromatic rings. The number of aromatic hydroxyl groups is 1. The van der Waals surface area contributed by atoms with Crippen molar-refractivity contribution in [3.05, 3.63) is 64.2 Å². The molecule has 0 spiro atoms. The van der Waals surface area contributed by atoms with Gasteiger partial charge in [0, 0.05) is 17.0 Å². The van der Waals surface area contributed by atoms with E-state index in [1.165, 1.54) is 5.56 Å². The lowest BCUT2D eigenvalue weighted by atomic mass is 9.94. The van der Waals surface area contributed by atoms with E-state index in [9.17, 15) is 5.11 Å². The Hall–Kier alpha value is -2.00. The predicted octanol–water partition coefficient (Wildman–Crippen LogP) is 4.61. The lowest BCUT2D eigenvalue weighted by Crippen LogP contribution is -2.10. The van der Waals surface area contributed by atoms with Gasteiger partial charge in [-0.25, -0.2) is 0 Å². The minimum absolute atomic E-state index is 0.00405. The molecule has 0 saturated heterocycles. The highest BCUT2D eigenvalue weighted by Crippen LogP contribution is 2.33. The van der Waals surface area contributed by atoms with Crippen LogP contribution in [0, 0.1) is 0 Å². The Morgan fingerprint density at radius 1 is 1.18 bits per heavy atom. The summed E-state index contributed by atoms with van der Waals surface area (Å²) >= 11 is 5.92. The van der Waals surface area contributed by atoms with Crippen LogP contribution in [0.4, 0.5) is 0 Å². The molecule has 4 heteroatoms. The van der Waals surface area contributed by atoms with Gasteiger partial charge in [-0.1, -0.05) is 43.6 Å². The number of phenols is 1. The second kappa shape index (κ2) is 6.01. The topological polar surface area (TPSA) is 44.6 Å². The number of hydrogen-bond donors (Lipinski definition) is 2. The fourth-order valence-corrected chi connectivity index (χ4v) is 2.78. The molecule has 0 amide bonds. The van der Waals surface area contributed by atoms with Crippen molar-refractivity contribution in [2.45, 2.75) is 32.2 Å². The molecule has 1 atom stereocenters. The van der Waals surface area contributed by atoms with E-state index in [1.807, 2.05) is 30.3 Å². The third-order valence-electron chi connectivity index (χ3n) is 4.02. The first-order chi connectivity index (χ1) is 10.5. The molecule has 1 unspecified atom stereocenters. The molecule has 0 radical (unpaired) electrons. The zero-order valence-corrected chi connectivity index (χ0v) is 13.4. The van der Waals surface area contributed by atoms with Crippen LogP contribution in [0.5, 0.6) is 5.75 Å². The fraction of sp³-hybridized carbons (Fsp3) is 0.278. The van der Waals surface area contributed by atoms with E-state index in [0.29, 0.717) is 16.7 Å². The Morgan fingerprint density at radius 3 is 2.59 bits per heavy atom. The zero-order chi connectivity index (χ0) is 15.7. The van der Waals surface area contributed by atoms with E-state index < -0.39 is 0 Å². The number of nitrogens with one attached hydrogen (secondary N) is 1. The molecule has 1 aliphatic heterocycles. The highest BCUT2D eigenvalue weighted by atomic mass is 35.5. The van der Waals surface area contributed by atoms with Crippen molar-refractivity contribution < 1.29 is 5.11 Å². The molecular weight excluding hydrogens is 296 g/mol. The summed E-state index contributed by atoms with van der Waals surface area (Å²) in [5.41, 5.74) is 7.29. The van der Waals surface area contributed by atoms with Crippen molar-refractivity contribution in [3.8, 4) is 5.75 Å². The maximum Gasteiger partial charge on any atom is 0.120 e. The molecule has 0 fully saturated rings. The van der Waals surface area contributed by atoms with Gasteiger partial charge in [0.05, 0.1) is 11.8 Å². The molecule has 2 aromatic carbocycles. The quantitative estimate of drug-likeness (QED) is 0.869. The Labute approximate surface area is 135 Å². The lowest BCUT2D eigenvalue weighted by molar-refractivity contribution is 0.455. The largest absolute Gasteiger partial charge is 0.508 e. The van der Waals surface area contributed by atoms with Crippen LogP contribution in [0.25, 0.3) is 0 Å². The van der Waals surface area contributed by atoms with Crippen molar-refractivity contribution in [1.29, 1.82) is 0 Å². The van der Waals surface area contributed by atoms with Crippen LogP contribution in [0.2, 0.25) is 5.02 Å². The van der Waals surface area contributed by atoms with Crippen LogP contribution in [0.15, 0.2) is 47.6 Å². The average molecular weight is 315 g/mol. The molecule has 0 bridgehead atoms. The van der Waals surface area contributed by atoms with Crippen molar-refractivity contribution in [1.82, 2.24) is 5.43 Å². The SMILES string of the molecule is CC(C)c1ccc(O)c(C2CC(c3ccc(Cl)cc3)=NN2)c1. The van der Waals surface area contributed by atoms with Crippen molar-refractivity contribution in [3.63, 3.8) is 0 Å². The first kappa shape index (κ1) is 14.9. The van der Waals surface area contributed by atoms with Gasteiger partial charge in [-0.2, -0.15) is 5.10 Å². The molecule has 0 aromatic heterocycles. The van der Waals surface area contributed by atoms with Crippen LogP contribution in [-0.2, 0) is 0 Å². The Bertz CT molecular complexity index is 708. The smallest absolute Gasteiger partial charge is 0.120 e. The van der Waals surface area contributed by atoms with Gasteiger partial charge in [-0.15, -0.1) is 0 Å². The highest BCUT2D eigenvalue weighted by Gasteiger charge is 2.24. The number of nitrogens with zero attached hydrogens (tertiary/aromatic N) is 1. The third-order valence-corrected chi connectivity index (χ3v) is 4.28. The number of hydrogen-bond acceptors (Lipinski definition) is 3. The van der Waals surface area contributed by atoms with E-state index in [1.54, 1.807) is 6.07 Å². The second-order valence-electron chi connectivity index (χ2n) is 5.92. The highest BCUT2D eigenvalue weighted by molar-refractivity contribution is 6.30. The standard InChI is InChI=1S/C18H19ClN2O/c1-11(2)13-5-8-18(22)15(9-13)17-10-16(20-21-17)12-3-6-14(19)7-4-12/h3-9,11,17,21-22H,10H2,1-2H3. The van der Waals surface area contributed by atoms with E-state index in [2.05, 4.69) is 30.4 Å². The average Bonchev–Trinajstić information content (AvgIpc) is 2.98. The summed E-state index contributed by atoms with van der Waals surface area (Å²) in [6, 6.07) is 13.5. The fourth-order valence-electron chi connectivity index (χ4n) is 2.66. The maximum atomic E-state index is 10.2. The number of phenolic OH excluding ortho intramolecular Hbond substituents is 1. The van der Waals surface area contributed by atoms with Gasteiger partial charge in [0.2, 0.25) is 0 Å². The van der Waals surface area contributed by atoms with Gasteiger partial charge in [0.25, 0.3) is 0 Å². The molecule has 2 N–H and O–H groups in total. The van der Waals surface area contributed by atoms with Gasteiger partial charge in [-0.3, -0.25) is 0 Å². The lowest BCUT2D eigenvalue weighted by Gasteiger charge is -2.15. The number of halogens is 1. The Kier molecular flexibility index (Phi) is 4.08. The Balaban J connectivity index is 1.82. The molecule has 0 aliphatic carbocycles. The predicted molar refractivity (Wildman–Crippen MR) is 90.7 cm³/mol. The first-order valence-electron chi connectivity index (χ1n) is 7.45. The monoisotopic (exact) mass is 314 g/mol. The van der Waals surface area contributed by atoms with E-state index >= 15 is 0 Å². The molecule has 3 nitrogen and oxygen atoms in total. The summed E-state index contributed by atoms with van der Waals surface area (Å²) in [5, 5.41) is 15.3. The molecule has 22 heavy (non-hydrogen) atoms. The van der Waals surface area contributed by atoms with E-state index in [4.69, 9.17) is 11.6 Å². The minimum Gasteiger partial charge on any atom is -0.508 e. The Morgan fingerprint density at radius 2 is 1.91 bits per heavy atom. The number of rotatable bonds is 3. The maximum absolute atomic E-state index is 10.2. The normalized spacial score (nSPS) is 17.5. The van der Waals surface area contributed by atoms with Gasteiger partial charge >= 0.3 is 0 Å². The summed E-state index contributed by atoms with van der Waals surface area (Å²) in [6.07, 6.45) is 0.747. The van der Waals surface area contributed by atoms with Gasteiger partial charge in [0.1, 0.15) is 5.75 Å². The van der Waals surface area contributed by atoms with E-state index in [-0.39, 0.29) is 6.04 Å². The third kappa shape index (κ3) is 2.95. The van der Waals surface area contributed by atoms with Crippen molar-refractivity contribution in [2.24, 2.45) is 5.10 Å². The number of hydrazone groups is 1. The molecular formula is C18H19ClN2O. The summed E-state index contributed by atoms with van der Waals surface area (Å²) < 4.78 is 0. The summed E-state index contributed by atoms with van der Waals surface area (Å²) in [7, 11) is 0. The molecule has 0 saturated carbocycles. The first-order valence-corrected chi connectivity index (χ1v) is 7.83. The van der Waals surface area contributed by atoms with Crippen LogP contribution in [-0.4, -0.2) is 10.8 Å². The molecule has 114 valence electrons. The minimum atomic E-state index is 0.00405. The van der Waals surface area contributed by atoms with Crippen LogP contribution in [0.3, 0.4) is 0 Å². The molecule has 1 aliphatic rings. The van der Waals surface area contributed by atoms with Gasteiger partial charge in [-0.05, 0) is 41.3 Å². The summed E-state index contributed by atoms with van der Waals surface area (Å²) in [5.74, 6) is 0.742. The zero-order valence-electron chi connectivity index (χ0n) is 12.7. The summed E-state index contributed by atoms with van der Waals surface area (Å²) in [6.45, 7) is 4.29. The van der Waals surface area contributed by atoms with E-state index in [0.717, 1.165) is 23.3 Å². The van der Waals surface area contributed by atoms with Crippen LogP contribution in [0.1, 0.15) is 48.9 Å². The van der Waals surface area contributed by atoms with Crippen molar-refractivity contribution in [2.75, 3.05) is 0 Å². The summed E-state index contributed by atoms with van der Waals surface area (Å²) in [4.78, 5) is 0. The number of benzene rings is 2. The van der Waals surface area contributed by atoms with Crippen LogP contribution < -0.4 is 5.43 Å².